The molecule has 0 aliphatic carbocycles. The van der Waals surface area contributed by atoms with E-state index in [1.807, 2.05) is 0 Å². The van der Waals surface area contributed by atoms with Crippen LogP contribution in [0, 0.1) is 0 Å². The predicted molar refractivity (Wildman–Crippen MR) is 123 cm³/mol. The summed E-state index contributed by atoms with van der Waals surface area (Å²) in [7, 11) is 0. The van der Waals surface area contributed by atoms with Gasteiger partial charge >= 0.3 is 5.97 Å². The first-order valence-electron chi connectivity index (χ1n) is 12.5. The predicted octanol–water partition coefficient (Wildman–Crippen LogP) is 2.20. The van der Waals surface area contributed by atoms with Crippen LogP contribution in [-0.4, -0.2) is 80.3 Å². The molecule has 0 bridgehead atoms. The van der Waals surface area contributed by atoms with Gasteiger partial charge < -0.3 is 35.4 Å². The number of rotatable bonds is 22. The van der Waals surface area contributed by atoms with E-state index in [0.717, 1.165) is 57.8 Å². The summed E-state index contributed by atoms with van der Waals surface area (Å²) in [6, 6.07) is 0. The van der Waals surface area contributed by atoms with Gasteiger partial charge in [-0.3, -0.25) is 4.79 Å². The Morgan fingerprint density at radius 2 is 1.16 bits per heavy atom. The molecule has 0 rings (SSSR count). The number of esters is 1. The summed E-state index contributed by atoms with van der Waals surface area (Å²) in [6.45, 7) is 0.950. The standard InChI is InChI=1S/C24H48O8/c1-2-3-4-11-14-19(26)15-12-9-7-5-6-8-10-13-16-22(29)32-18-21(28)24(31)23(30)20(27)17-25/h19-21,23-28,30-31H,2-18H2,1H3/t19?,20-,21+,23-,24-/m1/s1. The Kier molecular flexibility index (Phi) is 20.3. The molecule has 5 atom stereocenters. The quantitative estimate of drug-likeness (QED) is 0.106. The molecule has 32 heavy (non-hydrogen) atoms. The lowest BCUT2D eigenvalue weighted by atomic mass is 10.0. The lowest BCUT2D eigenvalue weighted by Gasteiger charge is -2.25. The molecule has 0 aromatic carbocycles. The van der Waals surface area contributed by atoms with Crippen LogP contribution in [0.15, 0.2) is 0 Å². The third-order valence-electron chi connectivity index (χ3n) is 5.80. The number of ether oxygens (including phenoxy) is 1. The topological polar surface area (TPSA) is 148 Å². The van der Waals surface area contributed by atoms with Gasteiger partial charge in [0.25, 0.3) is 0 Å². The largest absolute Gasteiger partial charge is 0.463 e. The highest BCUT2D eigenvalue weighted by molar-refractivity contribution is 5.69. The summed E-state index contributed by atoms with van der Waals surface area (Å²) >= 11 is 0. The van der Waals surface area contributed by atoms with Crippen molar-refractivity contribution in [3.63, 3.8) is 0 Å². The number of carbonyl (C=O) groups excluding carboxylic acids is 1. The van der Waals surface area contributed by atoms with E-state index in [1.54, 1.807) is 0 Å². The van der Waals surface area contributed by atoms with Crippen LogP contribution in [0.4, 0.5) is 0 Å². The van der Waals surface area contributed by atoms with Crippen molar-refractivity contribution in [1.29, 1.82) is 0 Å². The van der Waals surface area contributed by atoms with E-state index >= 15 is 0 Å². The smallest absolute Gasteiger partial charge is 0.305 e. The second-order valence-electron chi connectivity index (χ2n) is 8.85. The zero-order chi connectivity index (χ0) is 24.2. The van der Waals surface area contributed by atoms with Gasteiger partial charge in [-0.1, -0.05) is 77.6 Å². The fraction of sp³-hybridized carbons (Fsp3) is 0.958. The van der Waals surface area contributed by atoms with E-state index in [9.17, 15) is 30.3 Å². The summed E-state index contributed by atoms with van der Waals surface area (Å²) in [5, 5.41) is 56.8. The van der Waals surface area contributed by atoms with Gasteiger partial charge in [-0.25, -0.2) is 0 Å². The number of carbonyl (C=O) groups is 1. The molecule has 0 amide bonds. The summed E-state index contributed by atoms with van der Waals surface area (Å²) < 4.78 is 4.89. The fourth-order valence-electron chi connectivity index (χ4n) is 3.57. The van der Waals surface area contributed by atoms with E-state index < -0.39 is 43.6 Å². The molecule has 0 aliphatic rings. The van der Waals surface area contributed by atoms with Crippen LogP contribution in [0.2, 0.25) is 0 Å². The number of unbranched alkanes of at least 4 members (excludes halogenated alkanes) is 10. The number of hydrogen-bond acceptors (Lipinski definition) is 8. The van der Waals surface area contributed by atoms with Gasteiger partial charge in [-0.05, 0) is 19.3 Å². The molecular formula is C24H48O8. The molecule has 0 heterocycles. The van der Waals surface area contributed by atoms with Crippen LogP contribution < -0.4 is 0 Å². The molecule has 8 heteroatoms. The molecular weight excluding hydrogens is 416 g/mol. The number of hydrogen-bond donors (Lipinski definition) is 6. The van der Waals surface area contributed by atoms with Gasteiger partial charge in [-0.15, -0.1) is 0 Å². The van der Waals surface area contributed by atoms with E-state index in [0.29, 0.717) is 6.42 Å². The van der Waals surface area contributed by atoms with Crippen LogP contribution in [0.1, 0.15) is 103 Å². The maximum absolute atomic E-state index is 11.7. The van der Waals surface area contributed by atoms with E-state index in [2.05, 4.69) is 6.92 Å². The van der Waals surface area contributed by atoms with Crippen LogP contribution in [0.25, 0.3) is 0 Å². The first-order valence-corrected chi connectivity index (χ1v) is 12.5. The van der Waals surface area contributed by atoms with Crippen LogP contribution in [0.3, 0.4) is 0 Å². The minimum atomic E-state index is -1.73. The van der Waals surface area contributed by atoms with Crippen LogP contribution in [0.5, 0.6) is 0 Å². The second kappa shape index (κ2) is 20.8. The molecule has 0 aliphatic heterocycles. The Labute approximate surface area is 193 Å². The van der Waals surface area contributed by atoms with Crippen molar-refractivity contribution in [2.24, 2.45) is 0 Å². The second-order valence-corrected chi connectivity index (χ2v) is 8.85. The summed E-state index contributed by atoms with van der Waals surface area (Å²) in [4.78, 5) is 11.7. The highest BCUT2D eigenvalue weighted by atomic mass is 16.5. The normalized spacial score (nSPS) is 16.3. The van der Waals surface area contributed by atoms with Gasteiger partial charge in [0, 0.05) is 6.42 Å². The number of aliphatic hydroxyl groups is 6. The minimum Gasteiger partial charge on any atom is -0.463 e. The van der Waals surface area contributed by atoms with Gasteiger partial charge in [0.1, 0.15) is 31.0 Å². The van der Waals surface area contributed by atoms with Crippen molar-refractivity contribution in [2.75, 3.05) is 13.2 Å². The molecule has 6 N–H and O–H groups in total. The highest BCUT2D eigenvalue weighted by Gasteiger charge is 2.30. The molecule has 8 nitrogen and oxygen atoms in total. The van der Waals surface area contributed by atoms with Crippen molar-refractivity contribution < 1.29 is 40.2 Å². The number of aliphatic hydroxyl groups excluding tert-OH is 6. The first-order chi connectivity index (χ1) is 15.3. The Hall–Kier alpha value is -0.770. The van der Waals surface area contributed by atoms with Crippen molar-refractivity contribution >= 4 is 5.97 Å². The van der Waals surface area contributed by atoms with Gasteiger partial charge in [0.2, 0.25) is 0 Å². The molecule has 1 unspecified atom stereocenters. The Morgan fingerprint density at radius 1 is 0.688 bits per heavy atom. The average molecular weight is 465 g/mol. The van der Waals surface area contributed by atoms with E-state index in [1.165, 1.54) is 25.7 Å². The molecule has 0 radical (unpaired) electrons. The Morgan fingerprint density at radius 3 is 1.69 bits per heavy atom. The van der Waals surface area contributed by atoms with Crippen molar-refractivity contribution in [2.45, 2.75) is 134 Å². The minimum absolute atomic E-state index is 0.145. The molecule has 0 spiro atoms. The molecule has 0 saturated heterocycles. The van der Waals surface area contributed by atoms with Crippen LogP contribution >= 0.6 is 0 Å². The third-order valence-corrected chi connectivity index (χ3v) is 5.80. The zero-order valence-corrected chi connectivity index (χ0v) is 19.9. The molecule has 0 aromatic heterocycles. The van der Waals surface area contributed by atoms with Crippen molar-refractivity contribution in [1.82, 2.24) is 0 Å². The van der Waals surface area contributed by atoms with Gasteiger partial charge in [0.05, 0.1) is 12.7 Å². The Balaban J connectivity index is 3.54. The lowest BCUT2D eigenvalue weighted by molar-refractivity contribution is -0.156. The third kappa shape index (κ3) is 16.8. The lowest BCUT2D eigenvalue weighted by Crippen LogP contribution is -2.47. The van der Waals surface area contributed by atoms with E-state index in [-0.39, 0.29) is 12.5 Å². The van der Waals surface area contributed by atoms with E-state index in [4.69, 9.17) is 9.84 Å². The highest BCUT2D eigenvalue weighted by Crippen LogP contribution is 2.14. The van der Waals surface area contributed by atoms with Crippen LogP contribution in [-0.2, 0) is 9.53 Å². The summed E-state index contributed by atoms with van der Waals surface area (Å²) in [5.74, 6) is -0.485. The average Bonchev–Trinajstić information content (AvgIpc) is 2.79. The molecule has 192 valence electrons. The van der Waals surface area contributed by atoms with Gasteiger partial charge in [0.15, 0.2) is 0 Å². The Bertz CT molecular complexity index is 434. The molecule has 0 fully saturated rings. The summed E-state index contributed by atoms with van der Waals surface area (Å²) in [6.07, 6.45) is 8.47. The maximum atomic E-state index is 11.7. The fourth-order valence-corrected chi connectivity index (χ4v) is 3.57. The summed E-state index contributed by atoms with van der Waals surface area (Å²) in [5.41, 5.74) is 0. The molecule has 0 aromatic rings. The zero-order valence-electron chi connectivity index (χ0n) is 19.9. The van der Waals surface area contributed by atoms with Crippen molar-refractivity contribution in [3.05, 3.63) is 0 Å². The molecule has 0 saturated carbocycles. The SMILES string of the molecule is CCCCCCC(O)CCCCCCCCCCC(=O)OC[C@H](O)[C@@H](O)[C@H](O)[C@H](O)CO. The van der Waals surface area contributed by atoms with Gasteiger partial charge in [-0.2, -0.15) is 0 Å². The monoisotopic (exact) mass is 464 g/mol. The first kappa shape index (κ1) is 31.2. The maximum Gasteiger partial charge on any atom is 0.305 e. The van der Waals surface area contributed by atoms with Crippen molar-refractivity contribution in [3.8, 4) is 0 Å².